The van der Waals surface area contributed by atoms with E-state index in [9.17, 15) is 0 Å². The van der Waals surface area contributed by atoms with Crippen LogP contribution < -0.4 is 10.6 Å². The van der Waals surface area contributed by atoms with Gasteiger partial charge in [0.1, 0.15) is 0 Å². The van der Waals surface area contributed by atoms with Gasteiger partial charge >= 0.3 is 0 Å². The summed E-state index contributed by atoms with van der Waals surface area (Å²) in [6.07, 6.45) is 0. The molecule has 0 aliphatic rings. The third-order valence-electron chi connectivity index (χ3n) is 7.46. The molecule has 38 heavy (non-hydrogen) atoms. The molecule has 0 aliphatic carbocycles. The molecule has 6 aromatic carbocycles. The summed E-state index contributed by atoms with van der Waals surface area (Å²) in [5, 5.41) is 8.07. The Balaban J connectivity index is 1.82. The van der Waals surface area contributed by atoms with Crippen LogP contribution in [0.2, 0.25) is 0 Å². The minimum atomic E-state index is -0.262. The van der Waals surface area contributed by atoms with E-state index in [1.807, 2.05) is 0 Å². The van der Waals surface area contributed by atoms with Crippen molar-refractivity contribution in [1.82, 2.24) is 0 Å². The fourth-order valence-electron chi connectivity index (χ4n) is 5.71. The molecule has 0 fully saturated rings. The van der Waals surface area contributed by atoms with Crippen molar-refractivity contribution in [1.29, 1.82) is 0 Å². The molecule has 6 rings (SSSR count). The van der Waals surface area contributed by atoms with Crippen molar-refractivity contribution < 1.29 is 0 Å². The van der Waals surface area contributed by atoms with Crippen LogP contribution in [0, 0.1) is 0 Å². The van der Waals surface area contributed by atoms with Crippen molar-refractivity contribution in [3.8, 4) is 33.4 Å². The Bertz CT molecular complexity index is 1650. The minimum Gasteiger partial charge on any atom is -0.0810 e. The first-order valence-corrected chi connectivity index (χ1v) is 17.6. The smallest absolute Gasteiger partial charge is 0.00141 e. The molecule has 0 unspecified atom stereocenters. The lowest BCUT2D eigenvalue weighted by atomic mass is 9.83. The zero-order chi connectivity index (χ0) is 26.2. The van der Waals surface area contributed by atoms with E-state index < -0.39 is 0 Å². The van der Waals surface area contributed by atoms with Crippen LogP contribution in [0.3, 0.4) is 0 Å². The van der Waals surface area contributed by atoms with Gasteiger partial charge in [-0.25, -0.2) is 0 Å². The van der Waals surface area contributed by atoms with E-state index in [0.717, 1.165) is 0 Å². The van der Waals surface area contributed by atoms with E-state index in [-0.39, 0.29) is 15.8 Å². The van der Waals surface area contributed by atoms with Crippen molar-refractivity contribution in [2.24, 2.45) is 0 Å². The second-order valence-corrected chi connectivity index (χ2v) is 14.8. The fourth-order valence-corrected chi connectivity index (χ4v) is 7.84. The molecule has 0 nitrogen and oxygen atoms in total. The van der Waals surface area contributed by atoms with E-state index in [1.165, 1.54) is 65.5 Å². The molecule has 6 aromatic rings. The zero-order valence-corrected chi connectivity index (χ0v) is 24.2. The third-order valence-corrected chi connectivity index (χ3v) is 10.2. The Morgan fingerprint density at radius 3 is 1.13 bits per heavy atom. The van der Waals surface area contributed by atoms with Crippen molar-refractivity contribution in [3.05, 3.63) is 121 Å². The van der Waals surface area contributed by atoms with Crippen LogP contribution in [0.25, 0.3) is 54.9 Å². The normalized spacial score (nSPS) is 11.6. The van der Waals surface area contributed by atoms with Crippen LogP contribution in [-0.2, 0) is 0 Å². The maximum atomic E-state index is 2.36. The molecule has 0 amide bonds. The number of rotatable bonds is 5. The summed E-state index contributed by atoms with van der Waals surface area (Å²) in [6, 6.07) is 45.1. The highest BCUT2D eigenvalue weighted by molar-refractivity contribution is 7.64. The van der Waals surface area contributed by atoms with Crippen molar-refractivity contribution >= 4 is 48.0 Å². The highest BCUT2D eigenvalue weighted by Crippen LogP contribution is 2.47. The maximum Gasteiger partial charge on any atom is -0.00141 e. The predicted molar refractivity (Wildman–Crippen MR) is 175 cm³/mol. The van der Waals surface area contributed by atoms with Gasteiger partial charge in [-0.05, 0) is 92.2 Å². The van der Waals surface area contributed by atoms with Gasteiger partial charge in [-0.1, -0.05) is 137 Å². The first-order chi connectivity index (χ1) is 18.5. The van der Waals surface area contributed by atoms with Crippen molar-refractivity contribution in [2.45, 2.75) is 0 Å². The summed E-state index contributed by atoms with van der Waals surface area (Å²) in [5.41, 5.74) is 8.02. The van der Waals surface area contributed by atoms with Gasteiger partial charge in [0.15, 0.2) is 0 Å². The predicted octanol–water partition coefficient (Wildman–Crippen LogP) is 9.73. The van der Waals surface area contributed by atoms with Crippen molar-refractivity contribution in [2.75, 3.05) is 26.7 Å². The standard InChI is InChI=1S/C36H32P2/c1-37(2)33-19-11-9-17-29(33)31-23-21-25-13-5-7-15-27(25)35(31)36-28-16-8-6-14-26(28)22-24-32(36)30-18-10-12-20-34(30)38(3)4/h5-24H,1-4H3. The summed E-state index contributed by atoms with van der Waals surface area (Å²) >= 11 is 0. The van der Waals surface area contributed by atoms with Crippen LogP contribution in [-0.4, -0.2) is 26.7 Å². The largest absolute Gasteiger partial charge is 0.0810 e. The quantitative estimate of drug-likeness (QED) is 0.196. The Labute approximate surface area is 228 Å². The molecule has 0 bridgehead atoms. The fraction of sp³-hybridized carbons (Fsp3) is 0.111. The van der Waals surface area contributed by atoms with E-state index in [1.54, 1.807) is 0 Å². The second kappa shape index (κ2) is 10.5. The highest BCUT2D eigenvalue weighted by Gasteiger charge is 2.22. The lowest BCUT2D eigenvalue weighted by Gasteiger charge is -2.23. The minimum absolute atomic E-state index is 0.262. The average molecular weight is 527 g/mol. The Kier molecular flexibility index (Phi) is 6.88. The molecule has 0 heterocycles. The van der Waals surface area contributed by atoms with Gasteiger partial charge in [0.25, 0.3) is 0 Å². The molecule has 186 valence electrons. The summed E-state index contributed by atoms with van der Waals surface area (Å²) in [7, 11) is -0.523. The molecular weight excluding hydrogens is 494 g/mol. The van der Waals surface area contributed by atoms with Crippen LogP contribution in [0.5, 0.6) is 0 Å². The van der Waals surface area contributed by atoms with E-state index >= 15 is 0 Å². The van der Waals surface area contributed by atoms with Crippen LogP contribution in [0.1, 0.15) is 0 Å². The summed E-state index contributed by atoms with van der Waals surface area (Å²) in [4.78, 5) is 0. The van der Waals surface area contributed by atoms with E-state index in [4.69, 9.17) is 0 Å². The topological polar surface area (TPSA) is 0 Å². The number of hydrogen-bond donors (Lipinski definition) is 0. The molecule has 2 heteroatoms. The maximum absolute atomic E-state index is 2.36. The van der Waals surface area contributed by atoms with Gasteiger partial charge in [0, 0.05) is 0 Å². The van der Waals surface area contributed by atoms with Crippen LogP contribution >= 0.6 is 15.8 Å². The zero-order valence-electron chi connectivity index (χ0n) is 22.4. The molecule has 0 saturated carbocycles. The first-order valence-electron chi connectivity index (χ1n) is 13.1. The molecule has 0 N–H and O–H groups in total. The lowest BCUT2D eigenvalue weighted by molar-refractivity contribution is 1.62. The van der Waals surface area contributed by atoms with Gasteiger partial charge in [-0.15, -0.1) is 0 Å². The number of fused-ring (bicyclic) bond motifs is 2. The molecular formula is C36H32P2. The van der Waals surface area contributed by atoms with Gasteiger partial charge in [0.05, 0.1) is 0 Å². The Morgan fingerprint density at radius 1 is 0.342 bits per heavy atom. The third kappa shape index (κ3) is 4.37. The number of hydrogen-bond acceptors (Lipinski definition) is 0. The molecule has 0 spiro atoms. The van der Waals surface area contributed by atoms with Crippen LogP contribution in [0.4, 0.5) is 0 Å². The molecule has 0 aromatic heterocycles. The number of benzene rings is 6. The summed E-state index contributed by atoms with van der Waals surface area (Å²) < 4.78 is 0. The SMILES string of the molecule is CP(C)c1ccccc1-c1ccc2ccccc2c1-c1c(-c2ccccc2P(C)C)ccc2ccccc12. The first kappa shape index (κ1) is 25.0. The summed E-state index contributed by atoms with van der Waals surface area (Å²) in [5.74, 6) is 0. The van der Waals surface area contributed by atoms with Gasteiger partial charge in [-0.2, -0.15) is 0 Å². The van der Waals surface area contributed by atoms with E-state index in [0.29, 0.717) is 0 Å². The van der Waals surface area contributed by atoms with Gasteiger partial charge in [-0.3, -0.25) is 0 Å². The molecule has 0 atom stereocenters. The van der Waals surface area contributed by atoms with Gasteiger partial charge in [0.2, 0.25) is 0 Å². The molecule has 0 radical (unpaired) electrons. The van der Waals surface area contributed by atoms with Crippen LogP contribution in [0.15, 0.2) is 121 Å². The van der Waals surface area contributed by atoms with Crippen molar-refractivity contribution in [3.63, 3.8) is 0 Å². The molecule has 0 aliphatic heterocycles. The highest BCUT2D eigenvalue weighted by atomic mass is 31.1. The van der Waals surface area contributed by atoms with Gasteiger partial charge < -0.3 is 0 Å². The Hall–Kier alpha value is -3.30. The second-order valence-electron chi connectivity index (χ2n) is 10.2. The Morgan fingerprint density at radius 2 is 0.711 bits per heavy atom. The van der Waals surface area contributed by atoms with E-state index in [2.05, 4.69) is 148 Å². The summed E-state index contributed by atoms with van der Waals surface area (Å²) in [6.45, 7) is 9.44. The lowest BCUT2D eigenvalue weighted by Crippen LogP contribution is -2.06. The molecule has 0 saturated heterocycles. The average Bonchev–Trinajstić information content (AvgIpc) is 2.96. The monoisotopic (exact) mass is 526 g/mol.